The summed E-state index contributed by atoms with van der Waals surface area (Å²) in [5, 5.41) is 19.5. The molecule has 0 fully saturated rings. The van der Waals surface area contributed by atoms with Gasteiger partial charge in [0, 0.05) is 12.3 Å². The number of para-hydroxylation sites is 1. The van der Waals surface area contributed by atoms with Crippen molar-refractivity contribution >= 4 is 29.3 Å². The minimum Gasteiger partial charge on any atom is -0.480 e. The second kappa shape index (κ2) is 3.78. The fraction of sp³-hybridized carbons (Fsp3) is 0.100. The van der Waals surface area contributed by atoms with Crippen LogP contribution in [0.4, 0.5) is 11.4 Å². The number of nitro benzene ring substituents is 1. The summed E-state index contributed by atoms with van der Waals surface area (Å²) in [6.45, 7) is 0. The van der Waals surface area contributed by atoms with Gasteiger partial charge in [-0.05, 0) is 6.07 Å². The molecule has 1 aliphatic heterocycles. The van der Waals surface area contributed by atoms with Crippen molar-refractivity contribution in [2.45, 2.75) is 0 Å². The predicted molar refractivity (Wildman–Crippen MR) is 56.7 cm³/mol. The van der Waals surface area contributed by atoms with Gasteiger partial charge in [-0.3, -0.25) is 24.7 Å². The Balaban J connectivity index is 2.60. The van der Waals surface area contributed by atoms with Crippen molar-refractivity contribution in [3.63, 3.8) is 0 Å². The number of hydrogen-bond acceptors (Lipinski definition) is 5. The lowest BCUT2D eigenvalue weighted by Crippen LogP contribution is -2.27. The standard InChI is InChI=1S/C10H6N2O5/c13-9-5-2-1-3-7(12(16)17)8(5)11-4-6(9)10(14)15/h1-4,6H,(H,14,15). The minimum absolute atomic E-state index is 0.0332. The first-order valence-electron chi connectivity index (χ1n) is 4.61. The van der Waals surface area contributed by atoms with Gasteiger partial charge in [-0.1, -0.05) is 6.07 Å². The number of carbonyl (C=O) groups excluding carboxylic acids is 1. The van der Waals surface area contributed by atoms with Crippen molar-refractivity contribution in [2.75, 3.05) is 0 Å². The zero-order valence-corrected chi connectivity index (χ0v) is 8.36. The molecular weight excluding hydrogens is 228 g/mol. The van der Waals surface area contributed by atoms with Gasteiger partial charge in [0.2, 0.25) is 0 Å². The summed E-state index contributed by atoms with van der Waals surface area (Å²) in [6.07, 6.45) is 0.917. The molecule has 1 heterocycles. The Hall–Kier alpha value is -2.57. The lowest BCUT2D eigenvalue weighted by Gasteiger charge is -2.13. The molecule has 0 amide bonds. The van der Waals surface area contributed by atoms with Crippen LogP contribution >= 0.6 is 0 Å². The van der Waals surface area contributed by atoms with Gasteiger partial charge in [-0.15, -0.1) is 0 Å². The zero-order valence-electron chi connectivity index (χ0n) is 8.36. The molecule has 0 saturated carbocycles. The van der Waals surface area contributed by atoms with Crippen LogP contribution in [0, 0.1) is 16.0 Å². The fourth-order valence-electron chi connectivity index (χ4n) is 1.57. The minimum atomic E-state index is -1.37. The van der Waals surface area contributed by atoms with E-state index >= 15 is 0 Å². The van der Waals surface area contributed by atoms with Crippen molar-refractivity contribution in [3.8, 4) is 0 Å². The molecule has 0 bridgehead atoms. The van der Waals surface area contributed by atoms with Gasteiger partial charge in [-0.25, -0.2) is 0 Å². The molecule has 1 aromatic carbocycles. The van der Waals surface area contributed by atoms with Crippen LogP contribution in [-0.2, 0) is 4.79 Å². The van der Waals surface area contributed by atoms with E-state index in [0.29, 0.717) is 0 Å². The first-order valence-corrected chi connectivity index (χ1v) is 4.61. The van der Waals surface area contributed by atoms with E-state index in [9.17, 15) is 19.7 Å². The smallest absolute Gasteiger partial charge is 0.319 e. The van der Waals surface area contributed by atoms with Gasteiger partial charge in [0.1, 0.15) is 0 Å². The fourth-order valence-corrected chi connectivity index (χ4v) is 1.57. The third kappa shape index (κ3) is 1.67. The third-order valence-electron chi connectivity index (χ3n) is 2.38. The number of nitrogens with zero attached hydrogens (tertiary/aromatic N) is 2. The molecule has 1 unspecified atom stereocenters. The molecule has 1 aromatic rings. The molecule has 7 heteroatoms. The maximum Gasteiger partial charge on any atom is 0.319 e. The van der Waals surface area contributed by atoms with Crippen molar-refractivity contribution in [1.29, 1.82) is 0 Å². The lowest BCUT2D eigenvalue weighted by atomic mass is 9.94. The Morgan fingerprint density at radius 1 is 1.47 bits per heavy atom. The molecule has 1 N–H and O–H groups in total. The molecule has 0 spiro atoms. The summed E-state index contributed by atoms with van der Waals surface area (Å²) in [5.74, 6) is -3.38. The van der Waals surface area contributed by atoms with Gasteiger partial charge >= 0.3 is 5.97 Å². The number of aliphatic carboxylic acids is 1. The number of benzene rings is 1. The topological polar surface area (TPSA) is 110 Å². The second-order valence-corrected chi connectivity index (χ2v) is 3.39. The van der Waals surface area contributed by atoms with Crippen LogP contribution in [-0.4, -0.2) is 28.0 Å². The number of carbonyl (C=O) groups is 2. The molecule has 17 heavy (non-hydrogen) atoms. The molecule has 0 radical (unpaired) electrons. The quantitative estimate of drug-likeness (QED) is 0.469. The van der Waals surface area contributed by atoms with E-state index in [1.807, 2.05) is 0 Å². The molecule has 86 valence electrons. The van der Waals surface area contributed by atoms with Gasteiger partial charge in [0.25, 0.3) is 5.69 Å². The predicted octanol–water partition coefficient (Wildman–Crippen LogP) is 1.19. The largest absolute Gasteiger partial charge is 0.480 e. The highest BCUT2D eigenvalue weighted by Crippen LogP contribution is 2.34. The first kappa shape index (κ1) is 10.9. The summed E-state index contributed by atoms with van der Waals surface area (Å²) in [4.78, 5) is 36.2. The Labute approximate surface area is 94.6 Å². The average molecular weight is 234 g/mol. The van der Waals surface area contributed by atoms with Crippen LogP contribution in [0.15, 0.2) is 23.2 Å². The Kier molecular flexibility index (Phi) is 2.43. The Morgan fingerprint density at radius 3 is 2.76 bits per heavy atom. The van der Waals surface area contributed by atoms with Crippen molar-refractivity contribution in [1.82, 2.24) is 0 Å². The van der Waals surface area contributed by atoms with Gasteiger partial charge in [0.05, 0.1) is 10.5 Å². The van der Waals surface area contributed by atoms with E-state index in [-0.39, 0.29) is 16.9 Å². The Bertz CT molecular complexity index is 564. The van der Waals surface area contributed by atoms with Gasteiger partial charge < -0.3 is 5.11 Å². The molecule has 1 atom stereocenters. The normalized spacial score (nSPS) is 17.6. The summed E-state index contributed by atoms with van der Waals surface area (Å²) < 4.78 is 0. The number of hydrogen-bond donors (Lipinski definition) is 1. The van der Waals surface area contributed by atoms with E-state index in [1.54, 1.807) is 0 Å². The zero-order chi connectivity index (χ0) is 12.6. The van der Waals surface area contributed by atoms with E-state index < -0.39 is 22.6 Å². The highest BCUT2D eigenvalue weighted by Gasteiger charge is 2.33. The van der Waals surface area contributed by atoms with Crippen molar-refractivity contribution in [3.05, 3.63) is 33.9 Å². The second-order valence-electron chi connectivity index (χ2n) is 3.39. The van der Waals surface area contributed by atoms with Crippen LogP contribution in [0.1, 0.15) is 10.4 Å². The monoisotopic (exact) mass is 234 g/mol. The van der Waals surface area contributed by atoms with Crippen LogP contribution in [0.5, 0.6) is 0 Å². The maximum atomic E-state index is 11.7. The van der Waals surface area contributed by atoms with E-state index in [4.69, 9.17) is 5.11 Å². The maximum absolute atomic E-state index is 11.7. The molecular formula is C10H6N2O5. The highest BCUT2D eigenvalue weighted by molar-refractivity contribution is 6.22. The molecule has 0 aliphatic carbocycles. The number of Topliss-reactive ketones (excluding diaryl/α,β-unsaturated/α-hetero) is 1. The number of carboxylic acid groups (broad SMARTS) is 1. The van der Waals surface area contributed by atoms with Gasteiger partial charge in [-0.2, -0.15) is 0 Å². The van der Waals surface area contributed by atoms with E-state index in [2.05, 4.69) is 4.99 Å². The molecule has 0 saturated heterocycles. The molecule has 0 aromatic heterocycles. The third-order valence-corrected chi connectivity index (χ3v) is 2.38. The summed E-state index contributed by atoms with van der Waals surface area (Å²) in [7, 11) is 0. The number of ketones is 1. The SMILES string of the molecule is O=C(O)C1C=Nc2c(cccc2[N+](=O)[O-])C1=O. The Morgan fingerprint density at radius 2 is 2.18 bits per heavy atom. The molecule has 7 nitrogen and oxygen atoms in total. The summed E-state index contributed by atoms with van der Waals surface area (Å²) >= 11 is 0. The first-order chi connectivity index (χ1) is 8.02. The average Bonchev–Trinajstić information content (AvgIpc) is 2.28. The number of aliphatic imine (C=N–C) groups is 1. The van der Waals surface area contributed by atoms with E-state index in [1.165, 1.54) is 18.2 Å². The summed E-state index contributed by atoms with van der Waals surface area (Å²) in [6, 6.07) is 3.87. The van der Waals surface area contributed by atoms with Crippen molar-refractivity contribution < 1.29 is 19.6 Å². The van der Waals surface area contributed by atoms with E-state index in [0.717, 1.165) is 6.21 Å². The highest BCUT2D eigenvalue weighted by atomic mass is 16.6. The number of carboxylic acids is 1. The molecule has 1 aliphatic rings. The number of rotatable bonds is 2. The van der Waals surface area contributed by atoms with Crippen molar-refractivity contribution in [2.24, 2.45) is 10.9 Å². The van der Waals surface area contributed by atoms with Gasteiger partial charge in [0.15, 0.2) is 17.4 Å². The van der Waals surface area contributed by atoms with Crippen LogP contribution in [0.2, 0.25) is 0 Å². The molecule has 2 rings (SSSR count). The van der Waals surface area contributed by atoms with Crippen LogP contribution in [0.25, 0.3) is 0 Å². The number of nitro groups is 1. The lowest BCUT2D eigenvalue weighted by molar-refractivity contribution is -0.384. The number of fused-ring (bicyclic) bond motifs is 1. The summed E-state index contributed by atoms with van der Waals surface area (Å²) in [5.41, 5.74) is -0.426. The van der Waals surface area contributed by atoms with Crippen LogP contribution in [0.3, 0.4) is 0 Å². The van der Waals surface area contributed by atoms with Crippen LogP contribution < -0.4 is 0 Å².